The number of quaternary nitrogens is 1. The third-order valence-corrected chi connectivity index (χ3v) is 6.22. The van der Waals surface area contributed by atoms with Gasteiger partial charge in [0.2, 0.25) is 5.91 Å². The molecule has 29 heavy (non-hydrogen) atoms. The molecule has 0 unspecified atom stereocenters. The van der Waals surface area contributed by atoms with Gasteiger partial charge in [0.1, 0.15) is 0 Å². The van der Waals surface area contributed by atoms with Crippen molar-refractivity contribution in [3.8, 4) is 0 Å². The SMILES string of the molecule is CCCCCCCCCCCCCC(=O)NCCC[N+](C)(C)CCCS(=O)(=O)[O-]. The van der Waals surface area contributed by atoms with Crippen LogP contribution >= 0.6 is 0 Å². The molecule has 1 N–H and O–H groups in total. The van der Waals surface area contributed by atoms with Crippen LogP contribution in [0.4, 0.5) is 0 Å². The van der Waals surface area contributed by atoms with Crippen LogP contribution in [0.15, 0.2) is 0 Å². The van der Waals surface area contributed by atoms with Crippen LogP contribution in [0.5, 0.6) is 0 Å². The Hall–Kier alpha value is -0.660. The largest absolute Gasteiger partial charge is 0.748 e. The fraction of sp³-hybridized carbons (Fsp3) is 0.955. The molecule has 0 fully saturated rings. The van der Waals surface area contributed by atoms with E-state index in [0.717, 1.165) is 25.8 Å². The Morgan fingerprint density at radius 3 is 1.79 bits per heavy atom. The van der Waals surface area contributed by atoms with Crippen molar-refractivity contribution in [2.75, 3.05) is 39.5 Å². The van der Waals surface area contributed by atoms with Crippen LogP contribution in [0.3, 0.4) is 0 Å². The quantitative estimate of drug-likeness (QED) is 0.177. The van der Waals surface area contributed by atoms with Gasteiger partial charge in [0.05, 0.1) is 37.3 Å². The third-order valence-electron chi connectivity index (χ3n) is 5.43. The van der Waals surface area contributed by atoms with Gasteiger partial charge in [-0.05, 0) is 6.42 Å². The van der Waals surface area contributed by atoms with Crippen molar-refractivity contribution >= 4 is 16.0 Å². The molecule has 0 aliphatic carbocycles. The zero-order valence-electron chi connectivity index (χ0n) is 19.2. The van der Waals surface area contributed by atoms with Crippen LogP contribution in [-0.2, 0) is 14.9 Å². The van der Waals surface area contributed by atoms with Crippen LogP contribution in [0, 0.1) is 0 Å². The van der Waals surface area contributed by atoms with Gasteiger partial charge >= 0.3 is 0 Å². The molecule has 0 aromatic carbocycles. The first-order valence-corrected chi connectivity index (χ1v) is 13.3. The molecule has 174 valence electrons. The first-order valence-electron chi connectivity index (χ1n) is 11.7. The van der Waals surface area contributed by atoms with Crippen molar-refractivity contribution in [2.45, 2.75) is 96.8 Å². The zero-order chi connectivity index (χ0) is 22.0. The summed E-state index contributed by atoms with van der Waals surface area (Å²) in [6, 6.07) is 0. The lowest BCUT2D eigenvalue weighted by molar-refractivity contribution is -0.890. The van der Waals surface area contributed by atoms with E-state index in [9.17, 15) is 17.8 Å². The molecule has 0 aliphatic heterocycles. The molecular weight excluding hydrogens is 388 g/mol. The molecule has 0 heterocycles. The van der Waals surface area contributed by atoms with E-state index in [2.05, 4.69) is 12.2 Å². The first-order chi connectivity index (χ1) is 13.7. The van der Waals surface area contributed by atoms with Crippen molar-refractivity contribution in [1.29, 1.82) is 0 Å². The summed E-state index contributed by atoms with van der Waals surface area (Å²) >= 11 is 0. The maximum absolute atomic E-state index is 11.9. The molecule has 0 rings (SSSR count). The van der Waals surface area contributed by atoms with E-state index in [1.807, 2.05) is 14.1 Å². The molecule has 0 bridgehead atoms. The summed E-state index contributed by atoms with van der Waals surface area (Å²) < 4.78 is 32.6. The minimum absolute atomic E-state index is 0.128. The topological polar surface area (TPSA) is 86.3 Å². The molecule has 0 aromatic heterocycles. The van der Waals surface area contributed by atoms with Gasteiger partial charge in [-0.25, -0.2) is 8.42 Å². The number of hydrogen-bond donors (Lipinski definition) is 1. The fourth-order valence-electron chi connectivity index (χ4n) is 3.55. The average molecular weight is 435 g/mol. The Kier molecular flexibility index (Phi) is 16.7. The Bertz CT molecular complexity index is 507. The molecule has 0 atom stereocenters. The van der Waals surface area contributed by atoms with E-state index < -0.39 is 10.1 Å². The predicted octanol–water partition coefficient (Wildman–Crippen LogP) is 4.21. The highest BCUT2D eigenvalue weighted by Gasteiger charge is 2.15. The molecule has 1 amide bonds. The van der Waals surface area contributed by atoms with E-state index in [4.69, 9.17) is 0 Å². The van der Waals surface area contributed by atoms with Crippen molar-refractivity contribution in [3.63, 3.8) is 0 Å². The number of unbranched alkanes of at least 4 members (excludes halogenated alkanes) is 10. The second-order valence-electron chi connectivity index (χ2n) is 8.99. The van der Waals surface area contributed by atoms with E-state index in [1.165, 1.54) is 57.8 Å². The second kappa shape index (κ2) is 17.1. The van der Waals surface area contributed by atoms with Gasteiger partial charge in [-0.1, -0.05) is 71.1 Å². The third kappa shape index (κ3) is 21.9. The predicted molar refractivity (Wildman–Crippen MR) is 120 cm³/mol. The van der Waals surface area contributed by atoms with Crippen LogP contribution in [-0.4, -0.2) is 62.8 Å². The van der Waals surface area contributed by atoms with Crippen molar-refractivity contribution < 1.29 is 22.2 Å². The molecule has 6 nitrogen and oxygen atoms in total. The minimum Gasteiger partial charge on any atom is -0.748 e. The number of hydrogen-bond acceptors (Lipinski definition) is 4. The standard InChI is InChI=1S/C22H46N2O4S/c1-4-5-6-7-8-9-10-11-12-13-14-17-22(25)23-18-15-19-24(2,3)20-16-21-29(26,27)28/h4-21H2,1-3H3,(H-,23,25,26,27,28). The van der Waals surface area contributed by atoms with Crippen LogP contribution in [0.2, 0.25) is 0 Å². The Morgan fingerprint density at radius 1 is 0.793 bits per heavy atom. The molecule has 0 aliphatic rings. The number of nitrogens with one attached hydrogen (secondary N) is 1. The highest BCUT2D eigenvalue weighted by Crippen LogP contribution is 2.12. The zero-order valence-corrected chi connectivity index (χ0v) is 20.0. The Balaban J connectivity index is 3.49. The average Bonchev–Trinajstić information content (AvgIpc) is 2.62. The van der Waals surface area contributed by atoms with E-state index in [-0.39, 0.29) is 11.7 Å². The fourth-order valence-corrected chi connectivity index (χ4v) is 4.04. The highest BCUT2D eigenvalue weighted by atomic mass is 32.2. The number of nitrogens with zero attached hydrogens (tertiary/aromatic N) is 1. The molecule has 0 spiro atoms. The lowest BCUT2D eigenvalue weighted by Gasteiger charge is -2.30. The van der Waals surface area contributed by atoms with Gasteiger partial charge in [-0.15, -0.1) is 0 Å². The number of carbonyl (C=O) groups excluding carboxylic acids is 1. The Labute approximate surface area is 180 Å². The molecule has 0 radical (unpaired) electrons. The molecular formula is C22H46N2O4S. The number of amides is 1. The summed E-state index contributed by atoms with van der Waals surface area (Å²) in [6.45, 7) is 4.39. The monoisotopic (exact) mass is 434 g/mol. The first kappa shape index (κ1) is 28.3. The van der Waals surface area contributed by atoms with Gasteiger partial charge in [0, 0.05) is 31.6 Å². The van der Waals surface area contributed by atoms with Gasteiger partial charge in [-0.3, -0.25) is 4.79 Å². The smallest absolute Gasteiger partial charge is 0.219 e. The summed E-state index contributed by atoms with van der Waals surface area (Å²) in [5.41, 5.74) is 0. The van der Waals surface area contributed by atoms with Gasteiger partial charge in [0.25, 0.3) is 0 Å². The molecule has 0 saturated carbocycles. The Morgan fingerprint density at radius 2 is 1.28 bits per heavy atom. The lowest BCUT2D eigenvalue weighted by atomic mass is 10.1. The summed E-state index contributed by atoms with van der Waals surface area (Å²) in [4.78, 5) is 11.9. The number of carbonyl (C=O) groups is 1. The van der Waals surface area contributed by atoms with Crippen molar-refractivity contribution in [3.05, 3.63) is 0 Å². The summed E-state index contributed by atoms with van der Waals surface area (Å²) in [7, 11) is -0.0860. The van der Waals surface area contributed by atoms with Crippen LogP contribution in [0.1, 0.15) is 96.8 Å². The molecule has 7 heteroatoms. The normalized spacial score (nSPS) is 12.3. The van der Waals surface area contributed by atoms with Gasteiger partial charge < -0.3 is 14.4 Å². The lowest BCUT2D eigenvalue weighted by Crippen LogP contribution is -2.43. The van der Waals surface area contributed by atoms with Crippen molar-refractivity contribution in [2.24, 2.45) is 0 Å². The van der Waals surface area contributed by atoms with Gasteiger partial charge in [0.15, 0.2) is 0 Å². The second-order valence-corrected chi connectivity index (χ2v) is 10.5. The van der Waals surface area contributed by atoms with Gasteiger partial charge in [-0.2, -0.15) is 0 Å². The summed E-state index contributed by atoms with van der Waals surface area (Å²) in [5, 5.41) is 2.98. The van der Waals surface area contributed by atoms with E-state index in [1.54, 1.807) is 0 Å². The summed E-state index contributed by atoms with van der Waals surface area (Å²) in [5.74, 6) is -0.173. The highest BCUT2D eigenvalue weighted by molar-refractivity contribution is 7.85. The minimum atomic E-state index is -4.12. The summed E-state index contributed by atoms with van der Waals surface area (Å²) in [6.07, 6.45) is 15.9. The van der Waals surface area contributed by atoms with Crippen LogP contribution in [0.25, 0.3) is 0 Å². The maximum atomic E-state index is 11.9. The van der Waals surface area contributed by atoms with E-state index in [0.29, 0.717) is 30.4 Å². The molecule has 0 saturated heterocycles. The number of rotatable bonds is 20. The van der Waals surface area contributed by atoms with E-state index >= 15 is 0 Å². The van der Waals surface area contributed by atoms with Crippen molar-refractivity contribution in [1.82, 2.24) is 5.32 Å². The van der Waals surface area contributed by atoms with Crippen LogP contribution < -0.4 is 5.32 Å². The maximum Gasteiger partial charge on any atom is 0.219 e. The molecule has 0 aromatic rings.